The number of aryl methyl sites for hydroxylation is 1. The summed E-state index contributed by atoms with van der Waals surface area (Å²) in [7, 11) is 0. The Hall–Kier alpha value is -2.43. The summed E-state index contributed by atoms with van der Waals surface area (Å²) in [6.07, 6.45) is 6.08. The fraction of sp³-hybridized carbons (Fsp3) is 0.450. The number of anilines is 1. The van der Waals surface area contributed by atoms with E-state index in [9.17, 15) is 14.4 Å². The number of nitrogens with zero attached hydrogens (tertiary/aromatic N) is 1. The van der Waals surface area contributed by atoms with Crippen molar-refractivity contribution in [3.05, 3.63) is 42.0 Å². The van der Waals surface area contributed by atoms with E-state index in [0.29, 0.717) is 5.69 Å². The molecule has 130 valence electrons. The van der Waals surface area contributed by atoms with Crippen LogP contribution in [0.4, 0.5) is 5.69 Å². The van der Waals surface area contributed by atoms with Crippen LogP contribution < -0.4 is 5.32 Å². The average molecular weight is 338 g/mol. The van der Waals surface area contributed by atoms with E-state index >= 15 is 0 Å². The largest absolute Gasteiger partial charge is 0.324 e. The van der Waals surface area contributed by atoms with Crippen molar-refractivity contribution in [3.8, 4) is 0 Å². The molecule has 5 rings (SSSR count). The molecule has 1 aliphatic heterocycles. The van der Waals surface area contributed by atoms with Crippen molar-refractivity contribution in [1.82, 2.24) is 4.90 Å². The summed E-state index contributed by atoms with van der Waals surface area (Å²) in [5, 5.41) is 2.81. The summed E-state index contributed by atoms with van der Waals surface area (Å²) in [6.45, 7) is 3.60. The number of imide groups is 1. The minimum Gasteiger partial charge on any atom is -0.324 e. The molecule has 0 radical (unpaired) electrons. The number of nitrogens with one attached hydrogen (secondary N) is 1. The summed E-state index contributed by atoms with van der Waals surface area (Å²) < 4.78 is 0. The molecule has 2 bridgehead atoms. The second kappa shape index (κ2) is 5.83. The molecule has 3 aliphatic carbocycles. The van der Waals surface area contributed by atoms with Crippen LogP contribution in [-0.4, -0.2) is 28.7 Å². The van der Waals surface area contributed by atoms with E-state index in [-0.39, 0.29) is 41.4 Å². The lowest BCUT2D eigenvalue weighted by molar-refractivity contribution is -0.146. The standard InChI is InChI=1S/C20H22N2O3/c1-11-3-9-15(10-4-11)21-18(23)12(2)22-19(24)16-13-5-6-14(8-7-13)17(16)20(22)25/h3-6,9-10,12-14,16-17H,7-8H2,1-2H3,(H,21,23)/t12-,13-,14-,16-,17-/m0/s1. The van der Waals surface area contributed by atoms with Gasteiger partial charge in [-0.3, -0.25) is 19.3 Å². The molecule has 5 heteroatoms. The summed E-state index contributed by atoms with van der Waals surface area (Å²) >= 11 is 0. The van der Waals surface area contributed by atoms with Crippen molar-refractivity contribution in [2.75, 3.05) is 5.32 Å². The molecule has 5 nitrogen and oxygen atoms in total. The van der Waals surface area contributed by atoms with Crippen LogP contribution in [0, 0.1) is 30.6 Å². The van der Waals surface area contributed by atoms with Crippen LogP contribution in [0.5, 0.6) is 0 Å². The molecular weight excluding hydrogens is 316 g/mol. The summed E-state index contributed by atoms with van der Waals surface area (Å²) in [4.78, 5) is 39.5. The number of fused-ring (bicyclic) bond motifs is 1. The van der Waals surface area contributed by atoms with Gasteiger partial charge in [0.2, 0.25) is 17.7 Å². The molecule has 1 saturated heterocycles. The fourth-order valence-electron chi connectivity index (χ4n) is 4.48. The van der Waals surface area contributed by atoms with Gasteiger partial charge in [0.1, 0.15) is 6.04 Å². The molecule has 1 N–H and O–H groups in total. The van der Waals surface area contributed by atoms with Gasteiger partial charge in [-0.15, -0.1) is 0 Å². The molecule has 5 atom stereocenters. The molecule has 1 aromatic rings. The number of benzene rings is 1. The van der Waals surface area contributed by atoms with Crippen LogP contribution in [0.1, 0.15) is 25.3 Å². The summed E-state index contributed by atoms with van der Waals surface area (Å²) in [5.41, 5.74) is 1.77. The SMILES string of the molecule is Cc1ccc(NC(=O)[C@H](C)N2C(=O)[C@@H]3[C@@H](C2=O)[C@H]2C=C[C@H]3CC2)cc1. The number of hydrogen-bond acceptors (Lipinski definition) is 3. The Morgan fingerprint density at radius 1 is 1.04 bits per heavy atom. The normalized spacial score (nSPS) is 31.2. The molecule has 1 heterocycles. The quantitative estimate of drug-likeness (QED) is 0.680. The topological polar surface area (TPSA) is 66.5 Å². The van der Waals surface area contributed by atoms with Crippen molar-refractivity contribution in [2.24, 2.45) is 23.7 Å². The monoisotopic (exact) mass is 338 g/mol. The number of amides is 3. The molecule has 0 unspecified atom stereocenters. The Morgan fingerprint density at radius 2 is 1.56 bits per heavy atom. The molecule has 25 heavy (non-hydrogen) atoms. The molecule has 0 spiro atoms. The molecule has 4 aliphatic rings. The van der Waals surface area contributed by atoms with Gasteiger partial charge in [-0.1, -0.05) is 29.8 Å². The highest BCUT2D eigenvalue weighted by Gasteiger charge is 2.58. The summed E-state index contributed by atoms with van der Waals surface area (Å²) in [5.74, 6) is -0.949. The van der Waals surface area contributed by atoms with Crippen LogP contribution in [0.2, 0.25) is 0 Å². The van der Waals surface area contributed by atoms with Crippen LogP contribution in [0.15, 0.2) is 36.4 Å². The van der Waals surface area contributed by atoms with Gasteiger partial charge >= 0.3 is 0 Å². The van der Waals surface area contributed by atoms with Gasteiger partial charge in [-0.25, -0.2) is 0 Å². The maximum absolute atomic E-state index is 12.9. The van der Waals surface area contributed by atoms with Gasteiger partial charge in [0.05, 0.1) is 11.8 Å². The smallest absolute Gasteiger partial charge is 0.247 e. The highest BCUT2D eigenvalue weighted by Crippen LogP contribution is 2.49. The van der Waals surface area contributed by atoms with Crippen LogP contribution >= 0.6 is 0 Å². The van der Waals surface area contributed by atoms with Gasteiger partial charge in [0.25, 0.3) is 0 Å². The zero-order chi connectivity index (χ0) is 17.7. The van der Waals surface area contributed by atoms with Crippen molar-refractivity contribution < 1.29 is 14.4 Å². The highest BCUT2D eigenvalue weighted by atomic mass is 16.2. The predicted octanol–water partition coefficient (Wildman–Crippen LogP) is 2.52. The van der Waals surface area contributed by atoms with Crippen molar-refractivity contribution >= 4 is 23.4 Å². The maximum Gasteiger partial charge on any atom is 0.247 e. The molecule has 1 saturated carbocycles. The Balaban J connectivity index is 1.53. The van der Waals surface area contributed by atoms with Crippen LogP contribution in [-0.2, 0) is 14.4 Å². The number of carbonyl (C=O) groups excluding carboxylic acids is 3. The second-order valence-corrected chi connectivity index (χ2v) is 7.42. The van der Waals surface area contributed by atoms with Crippen molar-refractivity contribution in [3.63, 3.8) is 0 Å². The average Bonchev–Trinajstić information content (AvgIpc) is 2.90. The number of rotatable bonds is 3. The predicted molar refractivity (Wildman–Crippen MR) is 93.5 cm³/mol. The van der Waals surface area contributed by atoms with E-state index in [1.807, 2.05) is 31.2 Å². The Kier molecular flexibility index (Phi) is 3.74. The van der Waals surface area contributed by atoms with Crippen molar-refractivity contribution in [2.45, 2.75) is 32.7 Å². The molecule has 1 aromatic carbocycles. The number of allylic oxidation sites excluding steroid dienone is 2. The first-order chi connectivity index (χ1) is 12.0. The molecule has 2 fully saturated rings. The molecule has 3 amide bonds. The van der Waals surface area contributed by atoms with Crippen LogP contribution in [0.25, 0.3) is 0 Å². The van der Waals surface area contributed by atoms with E-state index < -0.39 is 6.04 Å². The number of hydrogen-bond donors (Lipinski definition) is 1. The minimum atomic E-state index is -0.800. The molecule has 0 aromatic heterocycles. The van der Waals surface area contributed by atoms with E-state index in [1.165, 1.54) is 4.90 Å². The first-order valence-corrected chi connectivity index (χ1v) is 8.90. The van der Waals surface area contributed by atoms with Crippen molar-refractivity contribution in [1.29, 1.82) is 0 Å². The lowest BCUT2D eigenvalue weighted by atomic mass is 9.63. The number of likely N-dealkylation sites (tertiary alicyclic amines) is 1. The highest BCUT2D eigenvalue weighted by molar-refractivity contribution is 6.10. The first kappa shape index (κ1) is 16.1. The third kappa shape index (κ3) is 2.49. The van der Waals surface area contributed by atoms with E-state index in [4.69, 9.17) is 0 Å². The molecular formula is C20H22N2O3. The fourth-order valence-corrected chi connectivity index (χ4v) is 4.48. The minimum absolute atomic E-state index is 0.142. The van der Waals surface area contributed by atoms with E-state index in [2.05, 4.69) is 17.5 Å². The van der Waals surface area contributed by atoms with Gasteiger partial charge in [0, 0.05) is 5.69 Å². The first-order valence-electron chi connectivity index (χ1n) is 8.90. The Morgan fingerprint density at radius 3 is 2.04 bits per heavy atom. The summed E-state index contributed by atoms with van der Waals surface area (Å²) in [6, 6.07) is 6.65. The maximum atomic E-state index is 12.9. The van der Waals surface area contributed by atoms with Gasteiger partial charge < -0.3 is 5.32 Å². The number of carbonyl (C=O) groups is 3. The zero-order valence-electron chi connectivity index (χ0n) is 14.4. The lowest BCUT2D eigenvalue weighted by Crippen LogP contribution is -2.46. The second-order valence-electron chi connectivity index (χ2n) is 7.42. The van der Waals surface area contributed by atoms with E-state index in [0.717, 1.165) is 18.4 Å². The third-order valence-corrected chi connectivity index (χ3v) is 5.88. The third-order valence-electron chi connectivity index (χ3n) is 5.88. The van der Waals surface area contributed by atoms with Crippen LogP contribution in [0.3, 0.4) is 0 Å². The van der Waals surface area contributed by atoms with Gasteiger partial charge in [0.15, 0.2) is 0 Å². The Bertz CT molecular complexity index is 736. The Labute approximate surface area is 147 Å². The van der Waals surface area contributed by atoms with Gasteiger partial charge in [-0.2, -0.15) is 0 Å². The lowest BCUT2D eigenvalue weighted by Gasteiger charge is -2.38. The zero-order valence-corrected chi connectivity index (χ0v) is 14.4. The van der Waals surface area contributed by atoms with E-state index in [1.54, 1.807) is 6.92 Å². The van der Waals surface area contributed by atoms with Gasteiger partial charge in [-0.05, 0) is 50.7 Å².